The SMILES string of the molecule is Nc1ccc2c(c1)N(Cc1ccc(Cl)cc1)C(=O)/C(=C\c1cccs1)O2. The molecule has 0 unspecified atom stereocenters. The molecule has 0 atom stereocenters. The van der Waals surface area contributed by atoms with Crippen molar-refractivity contribution in [2.45, 2.75) is 6.54 Å². The van der Waals surface area contributed by atoms with Crippen LogP contribution in [0.4, 0.5) is 11.4 Å². The Kier molecular flexibility index (Phi) is 4.41. The van der Waals surface area contributed by atoms with Gasteiger partial charge in [-0.3, -0.25) is 9.69 Å². The lowest BCUT2D eigenvalue weighted by Crippen LogP contribution is -2.36. The normalized spacial score (nSPS) is 15.0. The third kappa shape index (κ3) is 3.31. The van der Waals surface area contributed by atoms with Crippen molar-refractivity contribution in [1.82, 2.24) is 0 Å². The minimum absolute atomic E-state index is 0.202. The Labute approximate surface area is 160 Å². The number of hydrogen-bond donors (Lipinski definition) is 1. The number of nitrogen functional groups attached to an aromatic ring is 1. The van der Waals surface area contributed by atoms with E-state index in [4.69, 9.17) is 22.1 Å². The van der Waals surface area contributed by atoms with Crippen LogP contribution in [0.5, 0.6) is 5.75 Å². The first-order valence-electron chi connectivity index (χ1n) is 7.99. The second-order valence-electron chi connectivity index (χ2n) is 5.87. The van der Waals surface area contributed by atoms with Crippen LogP contribution in [0, 0.1) is 0 Å². The largest absolute Gasteiger partial charge is 0.449 e. The molecule has 1 aliphatic rings. The predicted molar refractivity (Wildman–Crippen MR) is 106 cm³/mol. The molecule has 4 nitrogen and oxygen atoms in total. The molecule has 1 aliphatic heterocycles. The van der Waals surface area contributed by atoms with E-state index in [1.165, 1.54) is 0 Å². The van der Waals surface area contributed by atoms with E-state index in [0.29, 0.717) is 34.5 Å². The highest BCUT2D eigenvalue weighted by Gasteiger charge is 2.30. The van der Waals surface area contributed by atoms with E-state index in [-0.39, 0.29) is 5.91 Å². The van der Waals surface area contributed by atoms with E-state index < -0.39 is 0 Å². The van der Waals surface area contributed by atoms with E-state index >= 15 is 0 Å². The van der Waals surface area contributed by atoms with Crippen molar-refractivity contribution >= 4 is 46.3 Å². The van der Waals surface area contributed by atoms with Gasteiger partial charge in [0.05, 0.1) is 12.2 Å². The number of anilines is 2. The van der Waals surface area contributed by atoms with E-state index in [9.17, 15) is 4.79 Å². The summed E-state index contributed by atoms with van der Waals surface area (Å²) in [6.07, 6.45) is 1.77. The van der Waals surface area contributed by atoms with Gasteiger partial charge in [0.15, 0.2) is 11.5 Å². The molecule has 2 N–H and O–H groups in total. The Morgan fingerprint density at radius 2 is 1.96 bits per heavy atom. The summed E-state index contributed by atoms with van der Waals surface area (Å²) < 4.78 is 5.86. The Morgan fingerprint density at radius 1 is 1.15 bits per heavy atom. The summed E-state index contributed by atoms with van der Waals surface area (Å²) in [5.74, 6) is 0.695. The number of halogens is 1. The first-order valence-corrected chi connectivity index (χ1v) is 9.25. The molecule has 4 rings (SSSR count). The van der Waals surface area contributed by atoms with Crippen molar-refractivity contribution in [3.05, 3.63) is 81.2 Å². The predicted octanol–water partition coefficient (Wildman–Crippen LogP) is 4.95. The van der Waals surface area contributed by atoms with Gasteiger partial charge in [-0.25, -0.2) is 0 Å². The molecule has 1 amide bonds. The van der Waals surface area contributed by atoms with Gasteiger partial charge in [0.1, 0.15) is 0 Å². The molecule has 130 valence electrons. The van der Waals surface area contributed by atoms with Gasteiger partial charge in [-0.1, -0.05) is 29.8 Å². The Bertz CT molecular complexity index is 982. The van der Waals surface area contributed by atoms with Crippen LogP contribution in [0.25, 0.3) is 6.08 Å². The maximum atomic E-state index is 13.1. The molecule has 3 aromatic rings. The van der Waals surface area contributed by atoms with E-state index in [1.807, 2.05) is 41.8 Å². The number of nitrogens with zero attached hydrogens (tertiary/aromatic N) is 1. The standard InChI is InChI=1S/C20H15ClN2O2S/c21-14-5-3-13(4-6-14)12-23-17-10-15(22)7-8-18(17)25-19(20(23)24)11-16-2-1-9-26-16/h1-11H,12,22H2/b19-11+. The molecule has 2 heterocycles. The van der Waals surface area contributed by atoms with Gasteiger partial charge in [0.2, 0.25) is 0 Å². The van der Waals surface area contributed by atoms with Gasteiger partial charge < -0.3 is 10.5 Å². The fourth-order valence-electron chi connectivity index (χ4n) is 2.76. The minimum atomic E-state index is -0.202. The number of ether oxygens (including phenoxy) is 1. The fourth-order valence-corrected chi connectivity index (χ4v) is 3.53. The summed E-state index contributed by atoms with van der Waals surface area (Å²) in [4.78, 5) is 15.7. The Balaban J connectivity index is 1.75. The van der Waals surface area contributed by atoms with Crippen molar-refractivity contribution in [1.29, 1.82) is 0 Å². The molecule has 0 bridgehead atoms. The maximum absolute atomic E-state index is 13.1. The summed E-state index contributed by atoms with van der Waals surface area (Å²) in [5, 5.41) is 2.62. The number of nitrogens with two attached hydrogens (primary N) is 1. The molecule has 0 saturated heterocycles. The molecule has 6 heteroatoms. The Morgan fingerprint density at radius 3 is 2.69 bits per heavy atom. The second-order valence-corrected chi connectivity index (χ2v) is 7.29. The highest BCUT2D eigenvalue weighted by Crippen LogP contribution is 2.38. The molecule has 0 fully saturated rings. The van der Waals surface area contributed by atoms with Crippen LogP contribution in [-0.2, 0) is 11.3 Å². The summed E-state index contributed by atoms with van der Waals surface area (Å²) in [6.45, 7) is 0.400. The summed E-state index contributed by atoms with van der Waals surface area (Å²) in [6, 6.07) is 16.6. The highest BCUT2D eigenvalue weighted by atomic mass is 35.5. The van der Waals surface area contributed by atoms with Crippen LogP contribution in [0.15, 0.2) is 65.7 Å². The molecular weight excluding hydrogens is 368 g/mol. The van der Waals surface area contributed by atoms with Gasteiger partial charge in [0, 0.05) is 21.7 Å². The zero-order valence-corrected chi connectivity index (χ0v) is 15.3. The molecule has 0 radical (unpaired) electrons. The number of amides is 1. The lowest BCUT2D eigenvalue weighted by Gasteiger charge is -2.30. The molecule has 0 saturated carbocycles. The van der Waals surface area contributed by atoms with E-state index in [2.05, 4.69) is 0 Å². The third-order valence-electron chi connectivity index (χ3n) is 4.02. The van der Waals surface area contributed by atoms with Gasteiger partial charge >= 0.3 is 0 Å². The molecular formula is C20H15ClN2O2S. The lowest BCUT2D eigenvalue weighted by molar-refractivity contribution is -0.117. The van der Waals surface area contributed by atoms with Crippen LogP contribution in [0.3, 0.4) is 0 Å². The van der Waals surface area contributed by atoms with Crippen LogP contribution < -0.4 is 15.4 Å². The summed E-state index contributed by atoms with van der Waals surface area (Å²) in [5.41, 5.74) is 8.13. The van der Waals surface area contributed by atoms with Crippen molar-refractivity contribution in [3.8, 4) is 5.75 Å². The first-order chi connectivity index (χ1) is 12.6. The topological polar surface area (TPSA) is 55.6 Å². The number of rotatable bonds is 3. The van der Waals surface area contributed by atoms with Crippen LogP contribution in [0.1, 0.15) is 10.4 Å². The average molecular weight is 383 g/mol. The average Bonchev–Trinajstić information content (AvgIpc) is 3.14. The van der Waals surface area contributed by atoms with Crippen molar-refractivity contribution in [2.24, 2.45) is 0 Å². The summed E-state index contributed by atoms with van der Waals surface area (Å²) >= 11 is 7.51. The van der Waals surface area contributed by atoms with Crippen LogP contribution in [0.2, 0.25) is 5.02 Å². The third-order valence-corrected chi connectivity index (χ3v) is 5.09. The van der Waals surface area contributed by atoms with Gasteiger partial charge in [-0.2, -0.15) is 0 Å². The van der Waals surface area contributed by atoms with Crippen molar-refractivity contribution in [3.63, 3.8) is 0 Å². The second kappa shape index (κ2) is 6.86. The van der Waals surface area contributed by atoms with Crippen molar-refractivity contribution in [2.75, 3.05) is 10.6 Å². The number of fused-ring (bicyclic) bond motifs is 1. The summed E-state index contributed by atoms with van der Waals surface area (Å²) in [7, 11) is 0. The lowest BCUT2D eigenvalue weighted by atomic mass is 10.1. The number of benzene rings is 2. The highest BCUT2D eigenvalue weighted by molar-refractivity contribution is 7.10. The first kappa shape index (κ1) is 16.7. The zero-order valence-electron chi connectivity index (χ0n) is 13.7. The van der Waals surface area contributed by atoms with Crippen LogP contribution >= 0.6 is 22.9 Å². The van der Waals surface area contributed by atoms with Crippen LogP contribution in [-0.4, -0.2) is 5.91 Å². The zero-order chi connectivity index (χ0) is 18.1. The quantitative estimate of drug-likeness (QED) is 0.515. The molecule has 1 aromatic heterocycles. The molecule has 26 heavy (non-hydrogen) atoms. The number of carbonyl (C=O) groups is 1. The molecule has 0 spiro atoms. The molecule has 0 aliphatic carbocycles. The van der Waals surface area contributed by atoms with Gasteiger partial charge in [0.25, 0.3) is 5.91 Å². The van der Waals surface area contributed by atoms with Gasteiger partial charge in [-0.15, -0.1) is 11.3 Å². The Hall–Kier alpha value is -2.76. The van der Waals surface area contributed by atoms with Crippen molar-refractivity contribution < 1.29 is 9.53 Å². The fraction of sp³-hybridized carbons (Fsp3) is 0.0500. The smallest absolute Gasteiger partial charge is 0.294 e. The van der Waals surface area contributed by atoms with E-state index in [1.54, 1.807) is 40.5 Å². The van der Waals surface area contributed by atoms with Gasteiger partial charge in [-0.05, 0) is 47.3 Å². The maximum Gasteiger partial charge on any atom is 0.294 e. The number of hydrogen-bond acceptors (Lipinski definition) is 4. The number of carbonyl (C=O) groups excluding carboxylic acids is 1. The minimum Gasteiger partial charge on any atom is -0.449 e. The monoisotopic (exact) mass is 382 g/mol. The molecule has 2 aromatic carbocycles. The number of thiophene rings is 1. The van der Waals surface area contributed by atoms with E-state index in [0.717, 1.165) is 10.4 Å².